The molecule has 6 nitrogen and oxygen atoms in total. The van der Waals surface area contributed by atoms with Crippen molar-refractivity contribution in [3.8, 4) is 5.69 Å². The van der Waals surface area contributed by atoms with Crippen LogP contribution in [0.15, 0.2) is 54.6 Å². The van der Waals surface area contributed by atoms with Gasteiger partial charge in [-0.15, -0.1) is 0 Å². The van der Waals surface area contributed by atoms with E-state index in [1.54, 1.807) is 0 Å². The quantitative estimate of drug-likeness (QED) is 0.727. The molecule has 2 aliphatic heterocycles. The fourth-order valence-electron chi connectivity index (χ4n) is 4.65. The van der Waals surface area contributed by atoms with Crippen LogP contribution in [-0.4, -0.2) is 52.1 Å². The molecule has 0 aliphatic carbocycles. The Bertz CT molecular complexity index is 1040. The second-order valence-corrected chi connectivity index (χ2v) is 7.17. The number of likely N-dealkylation sites (tertiary alicyclic amines) is 1. The van der Waals surface area contributed by atoms with Crippen molar-refractivity contribution in [3.05, 3.63) is 60.2 Å². The van der Waals surface area contributed by atoms with Crippen LogP contribution in [0.1, 0.15) is 16.8 Å². The van der Waals surface area contributed by atoms with E-state index >= 15 is 0 Å². The zero-order valence-electron chi connectivity index (χ0n) is 14.7. The summed E-state index contributed by atoms with van der Waals surface area (Å²) in [6.07, 6.45) is 0.875. The molecule has 2 unspecified atom stereocenters. The molecule has 1 amide bonds. The maximum absolute atomic E-state index is 12.1. The van der Waals surface area contributed by atoms with Gasteiger partial charge in [-0.1, -0.05) is 36.4 Å². The Morgan fingerprint density at radius 2 is 1.74 bits per heavy atom. The molecule has 0 radical (unpaired) electrons. The first-order valence-corrected chi connectivity index (χ1v) is 9.09. The van der Waals surface area contributed by atoms with Gasteiger partial charge in [-0.3, -0.25) is 9.36 Å². The largest absolute Gasteiger partial charge is 0.465 e. The van der Waals surface area contributed by atoms with E-state index < -0.39 is 6.09 Å². The first-order valence-electron chi connectivity index (χ1n) is 9.09. The molecule has 2 bridgehead atoms. The first-order chi connectivity index (χ1) is 13.2. The number of hydrogen-bond acceptors (Lipinski definition) is 3. The van der Waals surface area contributed by atoms with Crippen LogP contribution in [0.25, 0.3) is 16.6 Å². The molecular weight excluding hydrogens is 342 g/mol. The molecule has 136 valence electrons. The molecule has 5 rings (SSSR count). The molecule has 2 atom stereocenters. The van der Waals surface area contributed by atoms with Gasteiger partial charge in [-0.25, -0.2) is 4.79 Å². The van der Waals surface area contributed by atoms with Crippen molar-refractivity contribution in [2.75, 3.05) is 18.0 Å². The SMILES string of the molecule is O=Cc1c(N2CC3CC2CN3C(=O)O)n(-c2ccccc2)c2ccccc12. The van der Waals surface area contributed by atoms with Crippen LogP contribution < -0.4 is 4.90 Å². The summed E-state index contributed by atoms with van der Waals surface area (Å²) >= 11 is 0. The lowest BCUT2D eigenvalue weighted by Gasteiger charge is -2.35. The Kier molecular flexibility index (Phi) is 3.47. The predicted molar refractivity (Wildman–Crippen MR) is 103 cm³/mol. The standard InChI is InChI=1S/C21H19N3O3/c25-13-18-17-8-4-5-9-19(17)24(14-6-2-1-3-7-14)20(18)22-11-16-10-15(22)12-23(16)21(26)27/h1-9,13,15-16H,10-12H2,(H,26,27). The molecule has 2 aromatic carbocycles. The first kappa shape index (κ1) is 15.9. The summed E-state index contributed by atoms with van der Waals surface area (Å²) in [6.45, 7) is 1.09. The summed E-state index contributed by atoms with van der Waals surface area (Å²) < 4.78 is 2.13. The lowest BCUT2D eigenvalue weighted by atomic mass is 10.1. The number of rotatable bonds is 3. The van der Waals surface area contributed by atoms with Crippen LogP contribution in [0.3, 0.4) is 0 Å². The van der Waals surface area contributed by atoms with Crippen LogP contribution in [-0.2, 0) is 0 Å². The van der Waals surface area contributed by atoms with Gasteiger partial charge in [-0.2, -0.15) is 0 Å². The zero-order chi connectivity index (χ0) is 18.5. The van der Waals surface area contributed by atoms with Crippen molar-refractivity contribution in [1.29, 1.82) is 0 Å². The summed E-state index contributed by atoms with van der Waals surface area (Å²) in [7, 11) is 0. The van der Waals surface area contributed by atoms with E-state index in [2.05, 4.69) is 9.47 Å². The van der Waals surface area contributed by atoms with E-state index in [1.807, 2.05) is 54.6 Å². The molecule has 1 N–H and O–H groups in total. The topological polar surface area (TPSA) is 65.8 Å². The summed E-state index contributed by atoms with van der Waals surface area (Å²) in [4.78, 5) is 27.3. The van der Waals surface area contributed by atoms with Crippen molar-refractivity contribution < 1.29 is 14.7 Å². The van der Waals surface area contributed by atoms with E-state index in [1.165, 1.54) is 4.90 Å². The highest BCUT2D eigenvalue weighted by atomic mass is 16.4. The highest BCUT2D eigenvalue weighted by molar-refractivity contribution is 6.05. The van der Waals surface area contributed by atoms with Crippen LogP contribution in [0, 0.1) is 0 Å². The zero-order valence-corrected chi connectivity index (χ0v) is 14.7. The van der Waals surface area contributed by atoms with Gasteiger partial charge >= 0.3 is 6.09 Å². The number of nitrogens with zero attached hydrogens (tertiary/aromatic N) is 3. The van der Waals surface area contributed by atoms with Gasteiger partial charge in [0.1, 0.15) is 5.82 Å². The average Bonchev–Trinajstić information content (AvgIpc) is 3.38. The second kappa shape index (κ2) is 5.87. The number of carbonyl (C=O) groups excluding carboxylic acids is 1. The van der Waals surface area contributed by atoms with Crippen molar-refractivity contribution >= 4 is 29.1 Å². The van der Waals surface area contributed by atoms with Crippen LogP contribution in [0.2, 0.25) is 0 Å². The van der Waals surface area contributed by atoms with Gasteiger partial charge in [0, 0.05) is 24.2 Å². The summed E-state index contributed by atoms with van der Waals surface area (Å²) in [5, 5.41) is 10.3. The molecule has 3 aromatic rings. The van der Waals surface area contributed by atoms with Gasteiger partial charge in [-0.05, 0) is 24.6 Å². The average molecular weight is 361 g/mol. The van der Waals surface area contributed by atoms with Gasteiger partial charge in [0.15, 0.2) is 6.29 Å². The summed E-state index contributed by atoms with van der Waals surface area (Å²) in [5.74, 6) is 0.870. The number of hydrogen-bond donors (Lipinski definition) is 1. The minimum atomic E-state index is -0.860. The molecule has 0 saturated carbocycles. The monoisotopic (exact) mass is 361 g/mol. The Labute approximate surface area is 156 Å². The smallest absolute Gasteiger partial charge is 0.407 e. The lowest BCUT2D eigenvalue weighted by molar-refractivity contribution is 0.112. The number of para-hydroxylation sites is 2. The van der Waals surface area contributed by atoms with Crippen molar-refractivity contribution in [2.24, 2.45) is 0 Å². The highest BCUT2D eigenvalue weighted by Gasteiger charge is 2.47. The van der Waals surface area contributed by atoms with Crippen LogP contribution in [0.5, 0.6) is 0 Å². The molecule has 2 fully saturated rings. The molecular formula is C21H19N3O3. The lowest BCUT2D eigenvalue weighted by Crippen LogP contribution is -2.49. The Morgan fingerprint density at radius 1 is 1.00 bits per heavy atom. The van der Waals surface area contributed by atoms with E-state index in [0.717, 1.165) is 35.1 Å². The number of aromatic nitrogens is 1. The Hall–Kier alpha value is -3.28. The number of fused-ring (bicyclic) bond motifs is 3. The Morgan fingerprint density at radius 3 is 2.41 bits per heavy atom. The van der Waals surface area contributed by atoms with E-state index in [4.69, 9.17) is 0 Å². The predicted octanol–water partition coefficient (Wildman–Crippen LogP) is 3.38. The third-order valence-corrected chi connectivity index (χ3v) is 5.78. The maximum atomic E-state index is 12.1. The number of carboxylic acid groups (broad SMARTS) is 1. The van der Waals surface area contributed by atoms with E-state index in [0.29, 0.717) is 18.7 Å². The molecule has 3 heterocycles. The van der Waals surface area contributed by atoms with Crippen molar-refractivity contribution in [2.45, 2.75) is 18.5 Å². The minimum Gasteiger partial charge on any atom is -0.465 e. The third-order valence-electron chi connectivity index (χ3n) is 5.78. The molecule has 1 aromatic heterocycles. The van der Waals surface area contributed by atoms with Gasteiger partial charge < -0.3 is 14.9 Å². The minimum absolute atomic E-state index is 0.0192. The number of amides is 1. The fraction of sp³-hybridized carbons (Fsp3) is 0.238. The number of anilines is 1. The summed E-state index contributed by atoms with van der Waals surface area (Å²) in [5.41, 5.74) is 2.65. The van der Waals surface area contributed by atoms with Crippen molar-refractivity contribution in [3.63, 3.8) is 0 Å². The second-order valence-electron chi connectivity index (χ2n) is 7.17. The number of carbonyl (C=O) groups is 2. The highest BCUT2D eigenvalue weighted by Crippen LogP contribution is 2.41. The number of benzene rings is 2. The van der Waals surface area contributed by atoms with Gasteiger partial charge in [0.05, 0.1) is 23.2 Å². The molecule has 2 aliphatic rings. The number of aldehydes is 1. The fourth-order valence-corrected chi connectivity index (χ4v) is 4.65. The maximum Gasteiger partial charge on any atom is 0.407 e. The molecule has 6 heteroatoms. The number of piperazine rings is 1. The van der Waals surface area contributed by atoms with Gasteiger partial charge in [0.25, 0.3) is 0 Å². The van der Waals surface area contributed by atoms with Crippen molar-refractivity contribution in [1.82, 2.24) is 9.47 Å². The summed E-state index contributed by atoms with van der Waals surface area (Å²) in [6, 6.07) is 18.0. The molecule has 27 heavy (non-hydrogen) atoms. The van der Waals surface area contributed by atoms with E-state index in [9.17, 15) is 14.7 Å². The third kappa shape index (κ3) is 2.26. The van der Waals surface area contributed by atoms with E-state index in [-0.39, 0.29) is 12.1 Å². The van der Waals surface area contributed by atoms with Gasteiger partial charge in [0.2, 0.25) is 0 Å². The van der Waals surface area contributed by atoms with Crippen LogP contribution >= 0.6 is 0 Å². The Balaban J connectivity index is 1.71. The van der Waals surface area contributed by atoms with Crippen LogP contribution in [0.4, 0.5) is 10.6 Å². The molecule has 2 saturated heterocycles. The normalized spacial score (nSPS) is 21.2. The molecule has 0 spiro atoms.